The molecule has 6 nitrogen and oxygen atoms in total. The fourth-order valence-corrected chi connectivity index (χ4v) is 4.78. The second-order valence-electron chi connectivity index (χ2n) is 8.49. The SMILES string of the molecule is COC(=O)c1cc2c(OC)c(OC)ccc2c2c1C=CC(c1ccccc1)(c1ccc(CN)cc1)O2. The van der Waals surface area contributed by atoms with Gasteiger partial charge < -0.3 is 24.7 Å². The number of hydrogen-bond acceptors (Lipinski definition) is 6. The summed E-state index contributed by atoms with van der Waals surface area (Å²) in [4.78, 5) is 12.9. The molecule has 1 heterocycles. The summed E-state index contributed by atoms with van der Waals surface area (Å²) in [6.45, 7) is 0.451. The number of hydrogen-bond donors (Lipinski definition) is 1. The molecule has 1 aliphatic heterocycles. The predicted octanol–water partition coefficient (Wildman–Crippen LogP) is 5.45. The summed E-state index contributed by atoms with van der Waals surface area (Å²) >= 11 is 0. The fourth-order valence-electron chi connectivity index (χ4n) is 4.78. The first kappa shape index (κ1) is 23.5. The molecule has 5 rings (SSSR count). The maximum atomic E-state index is 12.9. The van der Waals surface area contributed by atoms with E-state index in [-0.39, 0.29) is 0 Å². The van der Waals surface area contributed by atoms with Gasteiger partial charge >= 0.3 is 5.97 Å². The van der Waals surface area contributed by atoms with Gasteiger partial charge in [0.1, 0.15) is 5.75 Å². The third-order valence-corrected chi connectivity index (χ3v) is 6.63. The zero-order valence-electron chi connectivity index (χ0n) is 20.4. The lowest BCUT2D eigenvalue weighted by atomic mass is 9.82. The van der Waals surface area contributed by atoms with Crippen LogP contribution in [-0.2, 0) is 16.9 Å². The van der Waals surface area contributed by atoms with Crippen LogP contribution in [0.3, 0.4) is 0 Å². The Hall–Kier alpha value is -4.29. The molecule has 0 aliphatic carbocycles. The van der Waals surface area contributed by atoms with Crippen LogP contribution in [0.25, 0.3) is 16.8 Å². The van der Waals surface area contributed by atoms with E-state index in [9.17, 15) is 4.79 Å². The van der Waals surface area contributed by atoms with Crippen molar-refractivity contribution in [1.82, 2.24) is 0 Å². The summed E-state index contributed by atoms with van der Waals surface area (Å²) in [5.41, 5.74) is 8.84. The van der Waals surface area contributed by atoms with E-state index in [0.29, 0.717) is 40.3 Å². The van der Waals surface area contributed by atoms with E-state index in [1.54, 1.807) is 20.3 Å². The van der Waals surface area contributed by atoms with Crippen molar-refractivity contribution in [3.63, 3.8) is 0 Å². The Kier molecular flexibility index (Phi) is 6.12. The molecule has 0 fully saturated rings. The molecule has 1 atom stereocenters. The van der Waals surface area contributed by atoms with Gasteiger partial charge in [0.25, 0.3) is 0 Å². The topological polar surface area (TPSA) is 80.0 Å². The molecule has 0 saturated heterocycles. The van der Waals surface area contributed by atoms with Crippen LogP contribution in [0.5, 0.6) is 17.2 Å². The van der Waals surface area contributed by atoms with E-state index < -0.39 is 11.6 Å². The van der Waals surface area contributed by atoms with Crippen LogP contribution in [0.2, 0.25) is 0 Å². The van der Waals surface area contributed by atoms with Crippen LogP contribution in [-0.4, -0.2) is 27.3 Å². The molecule has 1 aliphatic rings. The number of esters is 1. The Morgan fingerprint density at radius 3 is 2.25 bits per heavy atom. The Labute approximate surface area is 209 Å². The zero-order valence-corrected chi connectivity index (χ0v) is 20.4. The Bertz CT molecular complexity index is 1460. The van der Waals surface area contributed by atoms with Gasteiger partial charge in [0.15, 0.2) is 17.1 Å². The lowest BCUT2D eigenvalue weighted by molar-refractivity contribution is 0.0599. The molecule has 2 N–H and O–H groups in total. The minimum atomic E-state index is -0.934. The normalized spacial score (nSPS) is 16.2. The largest absolute Gasteiger partial charge is 0.493 e. The lowest BCUT2D eigenvalue weighted by Crippen LogP contribution is -2.34. The molecule has 6 heteroatoms. The molecule has 4 aromatic carbocycles. The minimum absolute atomic E-state index is 0.378. The molecule has 1 unspecified atom stereocenters. The van der Waals surface area contributed by atoms with Gasteiger partial charge in [0.2, 0.25) is 0 Å². The van der Waals surface area contributed by atoms with Crippen LogP contribution < -0.4 is 19.9 Å². The highest BCUT2D eigenvalue weighted by Gasteiger charge is 2.39. The molecule has 182 valence electrons. The summed E-state index contributed by atoms with van der Waals surface area (Å²) in [5, 5.41) is 1.48. The van der Waals surface area contributed by atoms with Gasteiger partial charge in [0.05, 0.1) is 26.9 Å². The molecule has 0 spiro atoms. The second kappa shape index (κ2) is 9.40. The van der Waals surface area contributed by atoms with Crippen LogP contribution in [0.4, 0.5) is 0 Å². The van der Waals surface area contributed by atoms with E-state index in [1.807, 2.05) is 78.9 Å². The van der Waals surface area contributed by atoms with Crippen LogP contribution in [0.15, 0.2) is 78.9 Å². The highest BCUT2D eigenvalue weighted by molar-refractivity contribution is 6.06. The first-order chi connectivity index (χ1) is 17.6. The van der Waals surface area contributed by atoms with Crippen molar-refractivity contribution in [2.75, 3.05) is 21.3 Å². The smallest absolute Gasteiger partial charge is 0.338 e. The number of fused-ring (bicyclic) bond motifs is 3. The Morgan fingerprint density at radius 1 is 0.889 bits per heavy atom. The fraction of sp³-hybridized carbons (Fsp3) is 0.167. The number of methoxy groups -OCH3 is 3. The van der Waals surface area contributed by atoms with Crippen molar-refractivity contribution in [2.45, 2.75) is 12.1 Å². The summed E-state index contributed by atoms with van der Waals surface area (Å²) in [5.74, 6) is 1.16. The Morgan fingerprint density at radius 2 is 1.61 bits per heavy atom. The van der Waals surface area contributed by atoms with E-state index in [4.69, 9.17) is 24.7 Å². The van der Waals surface area contributed by atoms with E-state index in [2.05, 4.69) is 0 Å². The van der Waals surface area contributed by atoms with Gasteiger partial charge in [-0.25, -0.2) is 4.79 Å². The molecule has 0 aromatic heterocycles. The van der Waals surface area contributed by atoms with Gasteiger partial charge in [-0.05, 0) is 35.9 Å². The number of carbonyl (C=O) groups excluding carboxylic acids is 1. The first-order valence-electron chi connectivity index (χ1n) is 11.6. The maximum Gasteiger partial charge on any atom is 0.338 e. The number of carbonyl (C=O) groups is 1. The van der Waals surface area contributed by atoms with Crippen molar-refractivity contribution in [2.24, 2.45) is 5.73 Å². The number of nitrogens with two attached hydrogens (primary N) is 1. The monoisotopic (exact) mass is 481 g/mol. The molecular formula is C30H27NO5. The molecule has 0 radical (unpaired) electrons. The van der Waals surface area contributed by atoms with E-state index in [0.717, 1.165) is 22.1 Å². The average molecular weight is 482 g/mol. The van der Waals surface area contributed by atoms with Crippen LogP contribution in [0.1, 0.15) is 32.6 Å². The Balaban J connectivity index is 1.82. The van der Waals surface area contributed by atoms with Crippen molar-refractivity contribution in [1.29, 1.82) is 0 Å². The quantitative estimate of drug-likeness (QED) is 0.369. The van der Waals surface area contributed by atoms with Gasteiger partial charge in [-0.1, -0.05) is 54.6 Å². The summed E-state index contributed by atoms with van der Waals surface area (Å²) in [7, 11) is 4.51. The summed E-state index contributed by atoms with van der Waals surface area (Å²) in [6.07, 6.45) is 3.92. The van der Waals surface area contributed by atoms with Gasteiger partial charge in [-0.15, -0.1) is 0 Å². The number of rotatable bonds is 6. The first-order valence-corrected chi connectivity index (χ1v) is 11.6. The van der Waals surface area contributed by atoms with Crippen molar-refractivity contribution in [3.05, 3.63) is 107 Å². The standard InChI is InChI=1S/C30H27NO5/c1-33-26-14-13-22-24(28(26)34-2)17-25(29(32)35-3)23-15-16-30(36-27(22)23,20-7-5-4-6-8-20)21-11-9-19(18-31)10-12-21/h4-17H,18,31H2,1-3H3. The van der Waals surface area contributed by atoms with E-state index in [1.165, 1.54) is 7.11 Å². The highest BCUT2D eigenvalue weighted by atomic mass is 16.5. The lowest BCUT2D eigenvalue weighted by Gasteiger charge is -2.37. The van der Waals surface area contributed by atoms with Gasteiger partial charge in [-0.3, -0.25) is 0 Å². The molecule has 0 bridgehead atoms. The summed E-state index contributed by atoms with van der Waals surface area (Å²) in [6, 6.07) is 23.6. The van der Waals surface area contributed by atoms with Crippen molar-refractivity contribution in [3.8, 4) is 17.2 Å². The minimum Gasteiger partial charge on any atom is -0.493 e. The van der Waals surface area contributed by atoms with Crippen molar-refractivity contribution >= 4 is 22.8 Å². The molecule has 0 amide bonds. The molecule has 4 aromatic rings. The summed E-state index contributed by atoms with van der Waals surface area (Å²) < 4.78 is 23.3. The van der Waals surface area contributed by atoms with Gasteiger partial charge in [-0.2, -0.15) is 0 Å². The maximum absolute atomic E-state index is 12.9. The molecular weight excluding hydrogens is 454 g/mol. The highest BCUT2D eigenvalue weighted by Crippen LogP contribution is 2.49. The third kappa shape index (κ3) is 3.67. The van der Waals surface area contributed by atoms with Crippen LogP contribution >= 0.6 is 0 Å². The predicted molar refractivity (Wildman–Crippen MR) is 140 cm³/mol. The molecule has 0 saturated carbocycles. The number of benzene rings is 4. The zero-order chi connectivity index (χ0) is 25.3. The van der Waals surface area contributed by atoms with Gasteiger partial charge in [0, 0.05) is 34.0 Å². The second-order valence-corrected chi connectivity index (χ2v) is 8.49. The third-order valence-electron chi connectivity index (χ3n) is 6.63. The number of ether oxygens (including phenoxy) is 4. The van der Waals surface area contributed by atoms with Crippen molar-refractivity contribution < 1.29 is 23.7 Å². The van der Waals surface area contributed by atoms with Crippen LogP contribution in [0, 0.1) is 0 Å². The average Bonchev–Trinajstić information content (AvgIpc) is 2.95. The van der Waals surface area contributed by atoms with E-state index >= 15 is 0 Å². The molecule has 36 heavy (non-hydrogen) atoms.